The van der Waals surface area contributed by atoms with Gasteiger partial charge in [0, 0.05) is 13.6 Å². The molecule has 3 aromatic rings. The number of likely N-dealkylation sites (N-methyl/N-ethyl adjacent to an activating group) is 1. The summed E-state index contributed by atoms with van der Waals surface area (Å²) >= 11 is 5.80. The number of nitrogens with zero attached hydrogens (tertiary/aromatic N) is 2. The third-order valence-electron chi connectivity index (χ3n) is 6.55. The first-order valence-corrected chi connectivity index (χ1v) is 14.6. The number of alkyl halides is 3. The fraction of sp³-hybridized carbons (Fsp3) is 0.310. The Morgan fingerprint density at radius 3 is 2.29 bits per heavy atom. The van der Waals surface area contributed by atoms with Crippen molar-refractivity contribution in [1.29, 1.82) is 0 Å². The van der Waals surface area contributed by atoms with E-state index < -0.39 is 56.9 Å². The quantitative estimate of drug-likeness (QED) is 0.307. The molecule has 0 fully saturated rings. The van der Waals surface area contributed by atoms with Gasteiger partial charge in [-0.2, -0.15) is 13.2 Å². The summed E-state index contributed by atoms with van der Waals surface area (Å²) in [4.78, 5) is 27.7. The van der Waals surface area contributed by atoms with Gasteiger partial charge in [0.15, 0.2) is 0 Å². The minimum Gasteiger partial charge on any atom is -0.497 e. The van der Waals surface area contributed by atoms with Crippen LogP contribution in [0.2, 0.25) is 5.02 Å². The molecule has 0 radical (unpaired) electrons. The second-order valence-electron chi connectivity index (χ2n) is 9.40. The molecule has 1 unspecified atom stereocenters. The smallest absolute Gasteiger partial charge is 0.417 e. The number of amides is 2. The lowest BCUT2D eigenvalue weighted by atomic mass is 10.1. The summed E-state index contributed by atoms with van der Waals surface area (Å²) in [5, 5.41) is 1.88. The van der Waals surface area contributed by atoms with Gasteiger partial charge in [0.1, 0.15) is 18.3 Å². The lowest BCUT2D eigenvalue weighted by Crippen LogP contribution is -2.51. The molecule has 0 bridgehead atoms. The minimum atomic E-state index is -4.89. The molecule has 0 spiro atoms. The van der Waals surface area contributed by atoms with Crippen LogP contribution >= 0.6 is 11.6 Å². The van der Waals surface area contributed by atoms with Crippen LogP contribution in [0.15, 0.2) is 71.6 Å². The highest BCUT2D eigenvalue weighted by Crippen LogP contribution is 2.38. The molecule has 0 saturated heterocycles. The van der Waals surface area contributed by atoms with Gasteiger partial charge >= 0.3 is 6.18 Å². The summed E-state index contributed by atoms with van der Waals surface area (Å²) in [6, 6.07) is 14.0. The average Bonchev–Trinajstić information content (AvgIpc) is 2.95. The van der Waals surface area contributed by atoms with Crippen LogP contribution in [0.4, 0.5) is 18.9 Å². The number of halogens is 4. The van der Waals surface area contributed by atoms with Gasteiger partial charge in [0.25, 0.3) is 10.0 Å². The van der Waals surface area contributed by atoms with Crippen molar-refractivity contribution in [2.24, 2.45) is 0 Å². The van der Waals surface area contributed by atoms with Crippen LogP contribution in [-0.4, -0.2) is 51.9 Å². The maximum absolute atomic E-state index is 13.9. The molecule has 1 N–H and O–H groups in total. The summed E-state index contributed by atoms with van der Waals surface area (Å²) in [6.07, 6.45) is -4.71. The van der Waals surface area contributed by atoms with Gasteiger partial charge < -0.3 is 15.0 Å². The Bertz CT molecular complexity index is 1530. The predicted octanol–water partition coefficient (Wildman–Crippen LogP) is 5.42. The molecule has 0 heterocycles. The van der Waals surface area contributed by atoms with Gasteiger partial charge in [-0.25, -0.2) is 8.42 Å². The van der Waals surface area contributed by atoms with Gasteiger partial charge in [0.2, 0.25) is 11.8 Å². The lowest BCUT2D eigenvalue weighted by Gasteiger charge is -2.33. The first kappa shape index (κ1) is 32.7. The number of rotatable bonds is 11. The molecule has 1 atom stereocenters. The first-order chi connectivity index (χ1) is 19.7. The highest BCUT2D eigenvalue weighted by molar-refractivity contribution is 7.92. The molecule has 0 aliphatic heterocycles. The van der Waals surface area contributed by atoms with Crippen molar-refractivity contribution in [3.8, 4) is 5.75 Å². The summed E-state index contributed by atoms with van der Waals surface area (Å²) in [5.41, 5.74) is -0.342. The number of ether oxygens (including phenoxy) is 1. The topological polar surface area (TPSA) is 96.0 Å². The Balaban J connectivity index is 2.15. The number of benzene rings is 3. The minimum absolute atomic E-state index is 0.102. The molecule has 0 saturated carbocycles. The number of hydrogen-bond donors (Lipinski definition) is 1. The number of anilines is 1. The number of carbonyl (C=O) groups excluding carboxylic acids is 2. The molecular weight excluding hydrogens is 595 g/mol. The highest BCUT2D eigenvalue weighted by Gasteiger charge is 2.37. The van der Waals surface area contributed by atoms with Gasteiger partial charge in [-0.05, 0) is 61.4 Å². The fourth-order valence-electron chi connectivity index (χ4n) is 4.31. The zero-order valence-corrected chi connectivity index (χ0v) is 25.0. The molecule has 3 rings (SSSR count). The van der Waals surface area contributed by atoms with E-state index in [1.807, 2.05) is 0 Å². The van der Waals surface area contributed by atoms with Crippen molar-refractivity contribution >= 4 is 39.1 Å². The number of hydrogen-bond acceptors (Lipinski definition) is 5. The monoisotopic (exact) mass is 625 g/mol. The average molecular weight is 626 g/mol. The molecule has 0 aliphatic carbocycles. The zero-order chi connectivity index (χ0) is 31.2. The van der Waals surface area contributed by atoms with Gasteiger partial charge in [-0.3, -0.25) is 13.9 Å². The Morgan fingerprint density at radius 1 is 1.05 bits per heavy atom. The van der Waals surface area contributed by atoms with E-state index in [1.54, 1.807) is 38.1 Å². The van der Waals surface area contributed by atoms with Crippen molar-refractivity contribution in [3.63, 3.8) is 0 Å². The number of aryl methyl sites for hydroxylation is 1. The van der Waals surface area contributed by atoms with Crippen LogP contribution in [0.3, 0.4) is 0 Å². The Morgan fingerprint density at radius 2 is 1.71 bits per heavy atom. The number of sulfonamides is 1. The van der Waals surface area contributed by atoms with E-state index in [-0.39, 0.29) is 17.9 Å². The Kier molecular flexibility index (Phi) is 10.5. The normalized spacial score (nSPS) is 12.4. The van der Waals surface area contributed by atoms with Gasteiger partial charge in [-0.1, -0.05) is 48.4 Å². The second kappa shape index (κ2) is 13.5. The van der Waals surface area contributed by atoms with Crippen molar-refractivity contribution in [3.05, 3.63) is 88.4 Å². The summed E-state index contributed by atoms with van der Waals surface area (Å²) < 4.78 is 74.8. The molecule has 2 amide bonds. The molecule has 0 aliphatic rings. The molecule has 13 heteroatoms. The van der Waals surface area contributed by atoms with E-state index in [4.69, 9.17) is 16.3 Å². The zero-order valence-electron chi connectivity index (χ0n) is 23.4. The fourth-order valence-corrected chi connectivity index (χ4v) is 5.94. The lowest BCUT2D eigenvalue weighted by molar-refractivity contribution is -0.140. The Labute approximate surface area is 248 Å². The second-order valence-corrected chi connectivity index (χ2v) is 11.7. The van der Waals surface area contributed by atoms with E-state index in [2.05, 4.69) is 5.32 Å². The number of carbonyl (C=O) groups is 2. The molecule has 8 nitrogen and oxygen atoms in total. The van der Waals surface area contributed by atoms with Crippen molar-refractivity contribution in [2.45, 2.75) is 43.9 Å². The van der Waals surface area contributed by atoms with Crippen LogP contribution in [0, 0.1) is 6.92 Å². The van der Waals surface area contributed by atoms with Crippen molar-refractivity contribution in [2.75, 3.05) is 25.0 Å². The van der Waals surface area contributed by atoms with E-state index in [1.165, 1.54) is 43.3 Å². The van der Waals surface area contributed by atoms with E-state index in [0.29, 0.717) is 21.7 Å². The largest absolute Gasteiger partial charge is 0.497 e. The maximum atomic E-state index is 13.9. The summed E-state index contributed by atoms with van der Waals surface area (Å²) in [7, 11) is -1.69. The van der Waals surface area contributed by atoms with E-state index in [0.717, 1.165) is 17.7 Å². The van der Waals surface area contributed by atoms with Gasteiger partial charge in [-0.15, -0.1) is 0 Å². The molecule has 42 heavy (non-hydrogen) atoms. The third-order valence-corrected chi connectivity index (χ3v) is 8.67. The van der Waals surface area contributed by atoms with Crippen LogP contribution in [0.1, 0.15) is 30.0 Å². The van der Waals surface area contributed by atoms with E-state index in [9.17, 15) is 31.2 Å². The van der Waals surface area contributed by atoms with Crippen molar-refractivity contribution < 1.29 is 35.9 Å². The highest BCUT2D eigenvalue weighted by atomic mass is 35.5. The van der Waals surface area contributed by atoms with Crippen molar-refractivity contribution in [1.82, 2.24) is 10.2 Å². The van der Waals surface area contributed by atoms with Crippen LogP contribution in [-0.2, 0) is 32.3 Å². The SMILES string of the molecule is CCC(C(=O)NC)N(Cc1cccc(OC)c1)C(=O)CN(c1ccc(Cl)c(C(F)(F)F)c1)S(=O)(=O)c1ccc(C)cc1. The summed E-state index contributed by atoms with van der Waals surface area (Å²) in [6.45, 7) is 2.43. The van der Waals surface area contributed by atoms with E-state index >= 15 is 0 Å². The first-order valence-electron chi connectivity index (χ1n) is 12.8. The molecule has 0 aromatic heterocycles. The molecular formula is C29H31ClF3N3O5S. The van der Waals surface area contributed by atoms with Crippen LogP contribution in [0.25, 0.3) is 0 Å². The standard InChI is InChI=1S/C29H31ClF3N3O5S/c1-5-26(28(38)34-3)35(17-20-7-6-8-22(15-20)41-4)27(37)18-36(42(39,40)23-12-9-19(2)10-13-23)21-11-14-25(30)24(16-21)29(31,32)33/h6-16,26H,5,17-18H2,1-4H3,(H,34,38). The molecule has 226 valence electrons. The Hall–Kier alpha value is -3.77. The van der Waals surface area contributed by atoms with Crippen LogP contribution < -0.4 is 14.4 Å². The van der Waals surface area contributed by atoms with Crippen LogP contribution in [0.5, 0.6) is 5.75 Å². The maximum Gasteiger partial charge on any atom is 0.417 e. The third kappa shape index (κ3) is 7.54. The molecule has 3 aromatic carbocycles. The predicted molar refractivity (Wildman–Crippen MR) is 154 cm³/mol. The number of methoxy groups -OCH3 is 1. The number of nitrogens with one attached hydrogen (secondary N) is 1. The summed E-state index contributed by atoms with van der Waals surface area (Å²) in [5.74, 6) is -0.808. The van der Waals surface area contributed by atoms with Gasteiger partial charge in [0.05, 0.1) is 28.3 Å².